The highest BCUT2D eigenvalue weighted by molar-refractivity contribution is 5.79. The van der Waals surface area contributed by atoms with Crippen LogP contribution in [0.5, 0.6) is 5.75 Å². The Morgan fingerprint density at radius 3 is 3.14 bits per heavy atom. The first-order valence-corrected chi connectivity index (χ1v) is 6.87. The van der Waals surface area contributed by atoms with Gasteiger partial charge >= 0.3 is 0 Å². The lowest BCUT2D eigenvalue weighted by Crippen LogP contribution is -2.32. The zero-order chi connectivity index (χ0) is 14.7. The normalized spacial score (nSPS) is 17.4. The molecule has 1 unspecified atom stereocenters. The van der Waals surface area contributed by atoms with E-state index in [0.29, 0.717) is 31.8 Å². The second kappa shape index (κ2) is 5.82. The number of nitrogens with two attached hydrogens (primary N) is 1. The van der Waals surface area contributed by atoms with Gasteiger partial charge in [-0.1, -0.05) is 18.2 Å². The number of nitrogens with zero attached hydrogens (tertiary/aromatic N) is 2. The van der Waals surface area contributed by atoms with Crippen molar-refractivity contribution in [3.05, 3.63) is 35.7 Å². The number of nitrogens with one attached hydrogen (secondary N) is 2. The summed E-state index contributed by atoms with van der Waals surface area (Å²) in [6.45, 7) is 0.840. The second-order valence-corrected chi connectivity index (χ2v) is 5.00. The molecule has 110 valence electrons. The molecule has 0 aliphatic carbocycles. The quantitative estimate of drug-likeness (QED) is 0.768. The molecule has 2 heterocycles. The molecule has 4 N–H and O–H groups in total. The Labute approximate surface area is 121 Å². The van der Waals surface area contributed by atoms with E-state index < -0.39 is 0 Å². The molecule has 0 bridgehead atoms. The van der Waals surface area contributed by atoms with E-state index in [4.69, 9.17) is 10.5 Å². The summed E-state index contributed by atoms with van der Waals surface area (Å²) in [6.07, 6.45) is 1.37. The number of H-pyrrole nitrogens is 1. The molecular weight excluding hydrogens is 270 g/mol. The van der Waals surface area contributed by atoms with Crippen LogP contribution in [0.15, 0.2) is 24.3 Å². The molecular formula is C14H17N5O2. The Hall–Kier alpha value is -2.57. The molecule has 1 aliphatic heterocycles. The van der Waals surface area contributed by atoms with E-state index >= 15 is 0 Å². The highest BCUT2D eigenvalue weighted by Crippen LogP contribution is 2.26. The summed E-state index contributed by atoms with van der Waals surface area (Å²) in [5.41, 5.74) is 6.49. The van der Waals surface area contributed by atoms with E-state index in [1.807, 2.05) is 24.3 Å². The number of hydrogen-bond donors (Lipinski definition) is 3. The number of carbonyl (C=O) groups excluding carboxylic acids is 1. The highest BCUT2D eigenvalue weighted by atomic mass is 16.5. The lowest BCUT2D eigenvalue weighted by atomic mass is 9.96. The molecule has 2 aromatic rings. The van der Waals surface area contributed by atoms with E-state index in [1.165, 1.54) is 0 Å². The largest absolute Gasteiger partial charge is 0.493 e. The molecule has 3 rings (SSSR count). The summed E-state index contributed by atoms with van der Waals surface area (Å²) in [6, 6.07) is 7.83. The van der Waals surface area contributed by atoms with Gasteiger partial charge in [0.05, 0.1) is 13.2 Å². The molecule has 1 amide bonds. The Kier molecular flexibility index (Phi) is 3.72. The monoisotopic (exact) mass is 287 g/mol. The molecule has 0 radical (unpaired) electrons. The molecule has 0 fully saturated rings. The molecule has 7 nitrogen and oxygen atoms in total. The molecule has 1 aromatic carbocycles. The van der Waals surface area contributed by atoms with Crippen molar-refractivity contribution in [1.29, 1.82) is 0 Å². The summed E-state index contributed by atoms with van der Waals surface area (Å²) in [4.78, 5) is 16.2. The average Bonchev–Trinajstić information content (AvgIpc) is 2.79. The van der Waals surface area contributed by atoms with Crippen LogP contribution in [0.2, 0.25) is 0 Å². The van der Waals surface area contributed by atoms with Crippen LogP contribution in [0.1, 0.15) is 17.8 Å². The van der Waals surface area contributed by atoms with Gasteiger partial charge in [0.15, 0.2) is 0 Å². The van der Waals surface area contributed by atoms with Crippen molar-refractivity contribution in [1.82, 2.24) is 20.5 Å². The van der Waals surface area contributed by atoms with E-state index in [9.17, 15) is 4.79 Å². The molecule has 1 aromatic heterocycles. The topological polar surface area (TPSA) is 106 Å². The minimum atomic E-state index is -0.103. The maximum Gasteiger partial charge on any atom is 0.239 e. The Morgan fingerprint density at radius 1 is 1.48 bits per heavy atom. The Balaban J connectivity index is 1.62. The summed E-state index contributed by atoms with van der Waals surface area (Å²) in [5, 5.41) is 9.25. The third kappa shape index (κ3) is 3.13. The van der Waals surface area contributed by atoms with Gasteiger partial charge in [0.25, 0.3) is 0 Å². The third-order valence-electron chi connectivity index (χ3n) is 3.51. The lowest BCUT2D eigenvalue weighted by molar-refractivity contribution is -0.125. The number of benzene rings is 1. The number of para-hydroxylation sites is 1. The van der Waals surface area contributed by atoms with Gasteiger partial charge < -0.3 is 15.8 Å². The van der Waals surface area contributed by atoms with Crippen LogP contribution in [0.25, 0.3) is 0 Å². The third-order valence-corrected chi connectivity index (χ3v) is 3.51. The number of aromatic amines is 1. The zero-order valence-electron chi connectivity index (χ0n) is 11.5. The SMILES string of the molecule is Nc1n[nH]c(CNC(=O)C2CCOc3ccccc3C2)n1. The van der Waals surface area contributed by atoms with Gasteiger partial charge in [0.1, 0.15) is 11.6 Å². The van der Waals surface area contributed by atoms with Crippen molar-refractivity contribution in [2.45, 2.75) is 19.4 Å². The van der Waals surface area contributed by atoms with Crippen LogP contribution in [0.4, 0.5) is 5.95 Å². The summed E-state index contributed by atoms with van der Waals surface area (Å²) in [7, 11) is 0. The van der Waals surface area contributed by atoms with Crippen LogP contribution in [-0.4, -0.2) is 27.7 Å². The second-order valence-electron chi connectivity index (χ2n) is 5.00. The molecule has 7 heteroatoms. The Morgan fingerprint density at radius 2 is 2.33 bits per heavy atom. The average molecular weight is 287 g/mol. The summed E-state index contributed by atoms with van der Waals surface area (Å²) < 4.78 is 5.67. The van der Waals surface area contributed by atoms with Gasteiger partial charge in [-0.15, -0.1) is 5.10 Å². The van der Waals surface area contributed by atoms with E-state index in [-0.39, 0.29) is 17.8 Å². The molecule has 0 saturated heterocycles. The fourth-order valence-electron chi connectivity index (χ4n) is 2.42. The van der Waals surface area contributed by atoms with Gasteiger partial charge in [-0.3, -0.25) is 9.89 Å². The van der Waals surface area contributed by atoms with Crippen molar-refractivity contribution in [3.63, 3.8) is 0 Å². The van der Waals surface area contributed by atoms with Crippen molar-refractivity contribution in [2.75, 3.05) is 12.3 Å². The maximum absolute atomic E-state index is 12.3. The van der Waals surface area contributed by atoms with Gasteiger partial charge in [-0.05, 0) is 24.5 Å². The number of fused-ring (bicyclic) bond motifs is 1. The van der Waals surface area contributed by atoms with Crippen molar-refractivity contribution in [2.24, 2.45) is 5.92 Å². The van der Waals surface area contributed by atoms with Crippen LogP contribution >= 0.6 is 0 Å². The van der Waals surface area contributed by atoms with Crippen LogP contribution in [0.3, 0.4) is 0 Å². The summed E-state index contributed by atoms with van der Waals surface area (Å²) in [5.74, 6) is 1.48. The molecule has 0 saturated carbocycles. The van der Waals surface area contributed by atoms with E-state index in [2.05, 4.69) is 20.5 Å². The molecule has 1 atom stereocenters. The first kappa shape index (κ1) is 13.4. The predicted molar refractivity (Wildman–Crippen MR) is 76.4 cm³/mol. The maximum atomic E-state index is 12.3. The number of aromatic nitrogens is 3. The zero-order valence-corrected chi connectivity index (χ0v) is 11.5. The minimum Gasteiger partial charge on any atom is -0.493 e. The molecule has 1 aliphatic rings. The fraction of sp³-hybridized carbons (Fsp3) is 0.357. The number of rotatable bonds is 3. The number of ether oxygens (including phenoxy) is 1. The van der Waals surface area contributed by atoms with E-state index in [0.717, 1.165) is 11.3 Å². The van der Waals surface area contributed by atoms with Gasteiger partial charge in [0, 0.05) is 5.92 Å². The first-order chi connectivity index (χ1) is 10.2. The number of amides is 1. The minimum absolute atomic E-state index is 0.00901. The lowest BCUT2D eigenvalue weighted by Gasteiger charge is -2.13. The molecule has 0 spiro atoms. The van der Waals surface area contributed by atoms with Crippen molar-refractivity contribution in [3.8, 4) is 5.75 Å². The fourth-order valence-corrected chi connectivity index (χ4v) is 2.42. The van der Waals surface area contributed by atoms with Gasteiger partial charge in [0.2, 0.25) is 11.9 Å². The van der Waals surface area contributed by atoms with Crippen molar-refractivity contribution >= 4 is 11.9 Å². The van der Waals surface area contributed by atoms with Gasteiger partial charge in [-0.25, -0.2) is 0 Å². The van der Waals surface area contributed by atoms with Crippen LogP contribution in [0, 0.1) is 5.92 Å². The van der Waals surface area contributed by atoms with Crippen LogP contribution < -0.4 is 15.8 Å². The standard InChI is InChI=1S/C14H17N5O2/c15-14-17-12(18-19-14)8-16-13(20)10-5-6-21-11-4-2-1-3-9(11)7-10/h1-4,10H,5-8H2,(H,16,20)(H3,15,17,18,19). The highest BCUT2D eigenvalue weighted by Gasteiger charge is 2.23. The van der Waals surface area contributed by atoms with E-state index in [1.54, 1.807) is 0 Å². The smallest absolute Gasteiger partial charge is 0.239 e. The van der Waals surface area contributed by atoms with Crippen LogP contribution in [-0.2, 0) is 17.8 Å². The predicted octanol–water partition coefficient (Wildman–Crippen LogP) is 0.644. The number of nitrogen functional groups attached to an aromatic ring is 1. The number of anilines is 1. The van der Waals surface area contributed by atoms with Gasteiger partial charge in [-0.2, -0.15) is 4.98 Å². The summed E-state index contributed by atoms with van der Waals surface area (Å²) >= 11 is 0. The van der Waals surface area contributed by atoms with Crippen molar-refractivity contribution < 1.29 is 9.53 Å². The number of carbonyl (C=O) groups is 1. The Bertz CT molecular complexity index is 640. The first-order valence-electron chi connectivity index (χ1n) is 6.87. The number of hydrogen-bond acceptors (Lipinski definition) is 5. The molecule has 21 heavy (non-hydrogen) atoms.